The molecule has 3 aromatic rings. The van der Waals surface area contributed by atoms with Crippen LogP contribution < -0.4 is 4.74 Å². The molecule has 0 amide bonds. The molecule has 8 nitrogen and oxygen atoms in total. The third-order valence-electron chi connectivity index (χ3n) is 3.18. The molecule has 9 heteroatoms. The minimum absolute atomic E-state index is 0.0340. The Morgan fingerprint density at radius 2 is 2.00 bits per heavy atom. The lowest BCUT2D eigenvalue weighted by Crippen LogP contribution is -2.11. The summed E-state index contributed by atoms with van der Waals surface area (Å²) in [6.07, 6.45) is 2.98. The van der Waals surface area contributed by atoms with Gasteiger partial charge in [0.05, 0.1) is 7.11 Å². The molecule has 0 atom stereocenters. The standard InChI is InChI=1S/C14H14N4O4S/c1-18-8-7-15-14(18)23(19,20)9-12-16-13(22-17-12)10-3-5-11(21-2)6-4-10/h3-8H,9H2,1-2H3. The van der Waals surface area contributed by atoms with E-state index in [0.29, 0.717) is 11.3 Å². The number of hydrogen-bond donors (Lipinski definition) is 0. The minimum atomic E-state index is -3.63. The van der Waals surface area contributed by atoms with Gasteiger partial charge in [0, 0.05) is 25.0 Å². The van der Waals surface area contributed by atoms with E-state index in [2.05, 4.69) is 15.1 Å². The lowest BCUT2D eigenvalue weighted by molar-refractivity contribution is 0.414. The number of sulfone groups is 1. The Morgan fingerprint density at radius 1 is 1.26 bits per heavy atom. The largest absolute Gasteiger partial charge is 0.497 e. The van der Waals surface area contributed by atoms with E-state index in [1.807, 2.05) is 0 Å². The van der Waals surface area contributed by atoms with Gasteiger partial charge in [0.15, 0.2) is 5.82 Å². The zero-order valence-electron chi connectivity index (χ0n) is 12.5. The first-order chi connectivity index (χ1) is 11.0. The third-order valence-corrected chi connectivity index (χ3v) is 4.77. The molecule has 2 aromatic heterocycles. The average molecular weight is 334 g/mol. The van der Waals surface area contributed by atoms with Crippen molar-refractivity contribution in [2.45, 2.75) is 10.9 Å². The van der Waals surface area contributed by atoms with E-state index in [-0.39, 0.29) is 22.6 Å². The fourth-order valence-electron chi connectivity index (χ4n) is 2.05. The SMILES string of the molecule is COc1ccc(-c2nc(CS(=O)(=O)c3nccn3C)no2)cc1. The summed E-state index contributed by atoms with van der Waals surface area (Å²) in [6, 6.07) is 7.01. The van der Waals surface area contributed by atoms with Crippen molar-refractivity contribution in [3.8, 4) is 17.2 Å². The van der Waals surface area contributed by atoms with Crippen molar-refractivity contribution in [1.29, 1.82) is 0 Å². The summed E-state index contributed by atoms with van der Waals surface area (Å²) in [5.41, 5.74) is 0.680. The highest BCUT2D eigenvalue weighted by atomic mass is 32.2. The maximum atomic E-state index is 12.3. The van der Waals surface area contributed by atoms with Crippen LogP contribution in [0.15, 0.2) is 46.3 Å². The highest BCUT2D eigenvalue weighted by Crippen LogP contribution is 2.21. The van der Waals surface area contributed by atoms with E-state index < -0.39 is 9.84 Å². The smallest absolute Gasteiger partial charge is 0.257 e. The van der Waals surface area contributed by atoms with Gasteiger partial charge in [0.1, 0.15) is 11.5 Å². The minimum Gasteiger partial charge on any atom is -0.497 e. The van der Waals surface area contributed by atoms with Gasteiger partial charge < -0.3 is 13.8 Å². The van der Waals surface area contributed by atoms with Gasteiger partial charge in [-0.05, 0) is 24.3 Å². The summed E-state index contributed by atoms with van der Waals surface area (Å²) >= 11 is 0. The Labute approximate surface area is 132 Å². The van der Waals surface area contributed by atoms with Crippen LogP contribution in [0.3, 0.4) is 0 Å². The van der Waals surface area contributed by atoms with Gasteiger partial charge in [0.2, 0.25) is 15.0 Å². The number of aryl methyl sites for hydroxylation is 1. The molecule has 0 saturated carbocycles. The molecule has 3 rings (SSSR count). The number of nitrogens with zero attached hydrogens (tertiary/aromatic N) is 4. The van der Waals surface area contributed by atoms with Gasteiger partial charge in [-0.15, -0.1) is 0 Å². The second-order valence-corrected chi connectivity index (χ2v) is 6.71. The third kappa shape index (κ3) is 3.09. The van der Waals surface area contributed by atoms with Crippen LogP contribution in [0.5, 0.6) is 5.75 Å². The van der Waals surface area contributed by atoms with Crippen LogP contribution in [0.2, 0.25) is 0 Å². The van der Waals surface area contributed by atoms with Gasteiger partial charge in [-0.1, -0.05) is 5.16 Å². The van der Waals surface area contributed by atoms with Gasteiger partial charge in [-0.25, -0.2) is 13.4 Å². The molecule has 1 aromatic carbocycles. The van der Waals surface area contributed by atoms with Crippen molar-refractivity contribution >= 4 is 9.84 Å². The fraction of sp³-hybridized carbons (Fsp3) is 0.214. The van der Waals surface area contributed by atoms with E-state index in [1.54, 1.807) is 44.6 Å². The van der Waals surface area contributed by atoms with Gasteiger partial charge in [-0.2, -0.15) is 4.98 Å². The monoisotopic (exact) mass is 334 g/mol. The quantitative estimate of drug-likeness (QED) is 0.696. The second-order valence-electron chi connectivity index (χ2n) is 4.82. The predicted octanol–water partition coefficient (Wildman–Crippen LogP) is 1.45. The predicted molar refractivity (Wildman–Crippen MR) is 80.4 cm³/mol. The Balaban J connectivity index is 1.83. The second kappa shape index (κ2) is 5.84. The molecule has 0 saturated heterocycles. The molecular formula is C14H14N4O4S. The number of methoxy groups -OCH3 is 1. The molecule has 0 fully saturated rings. The topological polar surface area (TPSA) is 100 Å². The van der Waals surface area contributed by atoms with Gasteiger partial charge in [-0.3, -0.25) is 0 Å². The number of hydrogen-bond acceptors (Lipinski definition) is 7. The molecule has 0 unspecified atom stereocenters. The van der Waals surface area contributed by atoms with Crippen LogP contribution in [0, 0.1) is 0 Å². The Kier molecular flexibility index (Phi) is 3.87. The normalized spacial score (nSPS) is 11.6. The Hall–Kier alpha value is -2.68. The van der Waals surface area contributed by atoms with Gasteiger partial charge in [0.25, 0.3) is 5.89 Å². The maximum Gasteiger partial charge on any atom is 0.257 e. The summed E-state index contributed by atoms with van der Waals surface area (Å²) < 4.78 is 36.2. The molecule has 23 heavy (non-hydrogen) atoms. The van der Waals surface area contributed by atoms with E-state index in [0.717, 1.165) is 0 Å². The van der Waals surface area contributed by atoms with Crippen LogP contribution >= 0.6 is 0 Å². The van der Waals surface area contributed by atoms with Crippen molar-refractivity contribution < 1.29 is 17.7 Å². The molecule has 0 N–H and O–H groups in total. The lowest BCUT2D eigenvalue weighted by atomic mass is 10.2. The highest BCUT2D eigenvalue weighted by Gasteiger charge is 2.23. The summed E-state index contributed by atoms with van der Waals surface area (Å²) in [5.74, 6) is 0.652. The number of benzene rings is 1. The molecule has 120 valence electrons. The number of ether oxygens (including phenoxy) is 1. The van der Waals surface area contributed by atoms with Crippen molar-refractivity contribution in [3.05, 3.63) is 42.5 Å². The zero-order chi connectivity index (χ0) is 16.4. The van der Waals surface area contributed by atoms with E-state index in [1.165, 1.54) is 10.8 Å². The van der Waals surface area contributed by atoms with Crippen molar-refractivity contribution in [2.75, 3.05) is 7.11 Å². The maximum absolute atomic E-state index is 12.3. The summed E-state index contributed by atoms with van der Waals surface area (Å²) in [5, 5.41) is 3.69. The van der Waals surface area contributed by atoms with Crippen LogP contribution in [-0.4, -0.2) is 35.2 Å². The molecule has 0 aliphatic rings. The molecule has 0 radical (unpaired) electrons. The van der Waals surface area contributed by atoms with Crippen LogP contribution in [0.1, 0.15) is 5.82 Å². The van der Waals surface area contributed by atoms with Crippen molar-refractivity contribution in [2.24, 2.45) is 7.05 Å². The number of imidazole rings is 1. The average Bonchev–Trinajstić information content (AvgIpc) is 3.16. The van der Waals surface area contributed by atoms with E-state index >= 15 is 0 Å². The Morgan fingerprint density at radius 3 is 2.61 bits per heavy atom. The molecule has 0 spiro atoms. The van der Waals surface area contributed by atoms with Crippen molar-refractivity contribution in [3.63, 3.8) is 0 Å². The first kappa shape index (κ1) is 15.2. The van der Waals surface area contributed by atoms with Crippen LogP contribution in [0.4, 0.5) is 0 Å². The summed E-state index contributed by atoms with van der Waals surface area (Å²) in [6.45, 7) is 0. The zero-order valence-corrected chi connectivity index (χ0v) is 13.3. The highest BCUT2D eigenvalue weighted by molar-refractivity contribution is 7.90. The summed E-state index contributed by atoms with van der Waals surface area (Å²) in [7, 11) is -0.452. The van der Waals surface area contributed by atoms with E-state index in [4.69, 9.17) is 9.26 Å². The van der Waals surface area contributed by atoms with Crippen LogP contribution in [-0.2, 0) is 22.6 Å². The van der Waals surface area contributed by atoms with Crippen LogP contribution in [0.25, 0.3) is 11.5 Å². The van der Waals surface area contributed by atoms with E-state index in [9.17, 15) is 8.42 Å². The lowest BCUT2D eigenvalue weighted by Gasteiger charge is -2.00. The molecule has 0 bridgehead atoms. The first-order valence-electron chi connectivity index (χ1n) is 6.67. The summed E-state index contributed by atoms with van der Waals surface area (Å²) in [4.78, 5) is 7.97. The molecule has 2 heterocycles. The Bertz CT molecular complexity index is 912. The molecule has 0 aliphatic heterocycles. The van der Waals surface area contributed by atoms with Crippen molar-refractivity contribution in [1.82, 2.24) is 19.7 Å². The first-order valence-corrected chi connectivity index (χ1v) is 8.32. The van der Waals surface area contributed by atoms with Gasteiger partial charge >= 0.3 is 0 Å². The number of rotatable bonds is 5. The fourth-order valence-corrected chi connectivity index (χ4v) is 3.36. The number of aromatic nitrogens is 4. The molecule has 0 aliphatic carbocycles. The molecular weight excluding hydrogens is 320 g/mol.